The summed E-state index contributed by atoms with van der Waals surface area (Å²) < 4.78 is 19.2. The highest BCUT2D eigenvalue weighted by Crippen LogP contribution is 2.37. The number of ether oxygens (including phenoxy) is 1. The molecule has 22 heavy (non-hydrogen) atoms. The van der Waals surface area contributed by atoms with Crippen molar-refractivity contribution < 1.29 is 9.13 Å². The van der Waals surface area contributed by atoms with Crippen LogP contribution in [0.25, 0.3) is 0 Å². The Kier molecular flexibility index (Phi) is 3.74. The maximum Gasteiger partial charge on any atom is 0.225 e. The molecular formula is C16H23FN4O. The Morgan fingerprint density at radius 2 is 1.95 bits per heavy atom. The van der Waals surface area contributed by atoms with Crippen LogP contribution in [0.1, 0.15) is 32.1 Å². The Hall–Kier alpha value is -1.27. The molecule has 0 unspecified atom stereocenters. The van der Waals surface area contributed by atoms with E-state index < -0.39 is 0 Å². The van der Waals surface area contributed by atoms with E-state index in [0.29, 0.717) is 12.0 Å². The first-order valence-corrected chi connectivity index (χ1v) is 8.35. The molecular weight excluding hydrogens is 283 g/mol. The van der Waals surface area contributed by atoms with Crippen LogP contribution in [-0.2, 0) is 4.74 Å². The lowest BCUT2D eigenvalue weighted by Gasteiger charge is -2.41. The highest BCUT2D eigenvalue weighted by molar-refractivity contribution is 5.32. The average Bonchev–Trinajstić information content (AvgIpc) is 3.19. The number of aromatic nitrogens is 2. The monoisotopic (exact) mass is 306 g/mol. The van der Waals surface area contributed by atoms with Crippen molar-refractivity contribution in [1.82, 2.24) is 14.9 Å². The average molecular weight is 306 g/mol. The van der Waals surface area contributed by atoms with Gasteiger partial charge in [-0.05, 0) is 45.2 Å². The molecule has 2 atom stereocenters. The molecule has 1 aromatic heterocycles. The van der Waals surface area contributed by atoms with Crippen molar-refractivity contribution in [3.8, 4) is 0 Å². The third-order valence-corrected chi connectivity index (χ3v) is 5.33. The van der Waals surface area contributed by atoms with Crippen LogP contribution in [-0.4, -0.2) is 59.3 Å². The lowest BCUT2D eigenvalue weighted by molar-refractivity contribution is -0.0897. The predicted molar refractivity (Wildman–Crippen MR) is 81.3 cm³/mol. The van der Waals surface area contributed by atoms with Gasteiger partial charge in [0.1, 0.15) is 0 Å². The summed E-state index contributed by atoms with van der Waals surface area (Å²) >= 11 is 0. The Labute approximate surface area is 130 Å². The van der Waals surface area contributed by atoms with Crippen molar-refractivity contribution in [2.75, 3.05) is 37.7 Å². The topological polar surface area (TPSA) is 41.5 Å². The predicted octanol–water partition coefficient (Wildman–Crippen LogP) is 1.84. The van der Waals surface area contributed by atoms with E-state index in [0.717, 1.165) is 39.0 Å². The molecule has 0 aliphatic carbocycles. The maximum atomic E-state index is 13.0. The molecule has 0 amide bonds. The molecule has 3 aliphatic rings. The quantitative estimate of drug-likeness (QED) is 0.834. The maximum absolute atomic E-state index is 13.0. The number of hydrogen-bond donors (Lipinski definition) is 0. The van der Waals surface area contributed by atoms with Gasteiger partial charge in [0.05, 0.1) is 18.0 Å². The van der Waals surface area contributed by atoms with Gasteiger partial charge in [-0.15, -0.1) is 0 Å². The van der Waals surface area contributed by atoms with Crippen LogP contribution in [0.3, 0.4) is 0 Å². The Balaban J connectivity index is 1.44. The molecule has 3 saturated heterocycles. The second kappa shape index (κ2) is 5.74. The number of likely N-dealkylation sites (tertiary alicyclic amines) is 1. The summed E-state index contributed by atoms with van der Waals surface area (Å²) in [6.45, 7) is 5.04. The highest BCUT2D eigenvalue weighted by Gasteiger charge is 2.45. The zero-order valence-corrected chi connectivity index (χ0v) is 12.9. The zero-order valence-electron chi connectivity index (χ0n) is 12.9. The minimum absolute atomic E-state index is 0.0662. The lowest BCUT2D eigenvalue weighted by atomic mass is 9.89. The third kappa shape index (κ3) is 2.70. The van der Waals surface area contributed by atoms with Crippen LogP contribution < -0.4 is 4.90 Å². The summed E-state index contributed by atoms with van der Waals surface area (Å²) in [6.07, 6.45) is 8.40. The van der Waals surface area contributed by atoms with Crippen LogP contribution in [0.15, 0.2) is 12.4 Å². The SMILES string of the molecule is Fc1cnc(N2CC[C@@]3(C[C@@H](N4CCCC4)CCO3)C2)nc1. The molecule has 3 fully saturated rings. The molecule has 120 valence electrons. The van der Waals surface area contributed by atoms with Crippen molar-refractivity contribution in [2.45, 2.75) is 43.7 Å². The first kappa shape index (κ1) is 14.3. The van der Waals surface area contributed by atoms with Crippen LogP contribution in [0, 0.1) is 5.82 Å². The summed E-state index contributed by atoms with van der Waals surface area (Å²) in [5, 5.41) is 0. The first-order valence-electron chi connectivity index (χ1n) is 8.35. The molecule has 0 radical (unpaired) electrons. The lowest BCUT2D eigenvalue weighted by Crippen LogP contribution is -2.49. The fourth-order valence-corrected chi connectivity index (χ4v) is 4.19. The molecule has 0 N–H and O–H groups in total. The van der Waals surface area contributed by atoms with Gasteiger partial charge < -0.3 is 14.5 Å². The molecule has 1 aromatic rings. The van der Waals surface area contributed by atoms with E-state index in [1.165, 1.54) is 38.3 Å². The van der Waals surface area contributed by atoms with Gasteiger partial charge in [-0.1, -0.05) is 0 Å². The summed E-state index contributed by atoms with van der Waals surface area (Å²) in [5.41, 5.74) is -0.0662. The van der Waals surface area contributed by atoms with Crippen molar-refractivity contribution in [3.63, 3.8) is 0 Å². The van der Waals surface area contributed by atoms with E-state index in [1.807, 2.05) is 0 Å². The van der Waals surface area contributed by atoms with Gasteiger partial charge in [0.25, 0.3) is 0 Å². The number of anilines is 1. The van der Waals surface area contributed by atoms with Gasteiger partial charge in [0, 0.05) is 25.7 Å². The zero-order chi connectivity index (χ0) is 15.0. The number of hydrogen-bond acceptors (Lipinski definition) is 5. The molecule has 5 nitrogen and oxygen atoms in total. The molecule has 4 rings (SSSR count). The minimum Gasteiger partial charge on any atom is -0.373 e. The molecule has 0 aromatic carbocycles. The molecule has 4 heterocycles. The van der Waals surface area contributed by atoms with E-state index in [9.17, 15) is 4.39 Å². The van der Waals surface area contributed by atoms with Gasteiger partial charge in [-0.3, -0.25) is 0 Å². The highest BCUT2D eigenvalue weighted by atomic mass is 19.1. The Morgan fingerprint density at radius 3 is 2.73 bits per heavy atom. The second-order valence-electron chi connectivity index (χ2n) is 6.79. The van der Waals surface area contributed by atoms with E-state index in [2.05, 4.69) is 19.8 Å². The van der Waals surface area contributed by atoms with Crippen LogP contribution in [0.4, 0.5) is 10.3 Å². The number of halogens is 1. The van der Waals surface area contributed by atoms with Gasteiger partial charge in [0.2, 0.25) is 5.95 Å². The second-order valence-corrected chi connectivity index (χ2v) is 6.79. The van der Waals surface area contributed by atoms with Gasteiger partial charge in [-0.25, -0.2) is 14.4 Å². The van der Waals surface area contributed by atoms with Gasteiger partial charge >= 0.3 is 0 Å². The molecule has 0 saturated carbocycles. The third-order valence-electron chi connectivity index (χ3n) is 5.33. The summed E-state index contributed by atoms with van der Waals surface area (Å²) in [7, 11) is 0. The molecule has 0 bridgehead atoms. The number of rotatable bonds is 2. The van der Waals surface area contributed by atoms with E-state index >= 15 is 0 Å². The summed E-state index contributed by atoms with van der Waals surface area (Å²) in [4.78, 5) is 13.0. The van der Waals surface area contributed by atoms with Crippen LogP contribution in [0.2, 0.25) is 0 Å². The Bertz CT molecular complexity index is 519. The van der Waals surface area contributed by atoms with Crippen molar-refractivity contribution >= 4 is 5.95 Å². The first-order chi connectivity index (χ1) is 10.7. The molecule has 6 heteroatoms. The van der Waals surface area contributed by atoms with Crippen molar-refractivity contribution in [2.24, 2.45) is 0 Å². The van der Waals surface area contributed by atoms with Crippen LogP contribution in [0.5, 0.6) is 0 Å². The number of nitrogens with zero attached hydrogens (tertiary/aromatic N) is 4. The molecule has 1 spiro atoms. The van der Waals surface area contributed by atoms with Gasteiger partial charge in [0.15, 0.2) is 5.82 Å². The van der Waals surface area contributed by atoms with Crippen LogP contribution >= 0.6 is 0 Å². The summed E-state index contributed by atoms with van der Waals surface area (Å²) in [5.74, 6) is 0.228. The van der Waals surface area contributed by atoms with Crippen molar-refractivity contribution in [3.05, 3.63) is 18.2 Å². The largest absolute Gasteiger partial charge is 0.373 e. The summed E-state index contributed by atoms with van der Waals surface area (Å²) in [6, 6.07) is 0.658. The van der Waals surface area contributed by atoms with E-state index in [1.54, 1.807) is 0 Å². The van der Waals surface area contributed by atoms with Crippen molar-refractivity contribution in [1.29, 1.82) is 0 Å². The fraction of sp³-hybridized carbons (Fsp3) is 0.750. The Morgan fingerprint density at radius 1 is 1.18 bits per heavy atom. The minimum atomic E-state index is -0.388. The fourth-order valence-electron chi connectivity index (χ4n) is 4.19. The standard InChI is InChI=1S/C16H23FN4O/c17-13-10-18-15(19-11-13)21-7-4-16(12-21)9-14(3-8-22-16)20-5-1-2-6-20/h10-11,14H,1-9,12H2/t14-,16+/m0/s1. The normalized spacial score (nSPS) is 33.0. The van der Waals surface area contributed by atoms with E-state index in [-0.39, 0.29) is 11.4 Å². The van der Waals surface area contributed by atoms with Gasteiger partial charge in [-0.2, -0.15) is 0 Å². The smallest absolute Gasteiger partial charge is 0.225 e. The molecule has 3 aliphatic heterocycles. The van der Waals surface area contributed by atoms with E-state index in [4.69, 9.17) is 4.74 Å².